The predicted octanol–water partition coefficient (Wildman–Crippen LogP) is -5.53. The monoisotopic (exact) mass is 1330 g/mol. The lowest BCUT2D eigenvalue weighted by molar-refractivity contribution is -0.159. The molecule has 2 aromatic carbocycles. The molecule has 0 aliphatic carbocycles. The molecule has 2 aromatic rings. The van der Waals surface area contributed by atoms with Gasteiger partial charge in [0.15, 0.2) is 24.2 Å². The van der Waals surface area contributed by atoms with E-state index in [-0.39, 0.29) is 68.3 Å². The van der Waals surface area contributed by atoms with Gasteiger partial charge in [-0.3, -0.25) is 57.7 Å². The number of rotatable bonds is 23. The van der Waals surface area contributed by atoms with Gasteiger partial charge in [0.05, 0.1) is 31.4 Å². The number of aliphatic hydroxyl groups is 4. The first kappa shape index (κ1) is 79.2. The molecule has 94 heavy (non-hydrogen) atoms. The summed E-state index contributed by atoms with van der Waals surface area (Å²) >= 11 is 0. The number of nitrogens with one attached hydrogen (secondary N) is 10. The van der Waals surface area contributed by atoms with Crippen LogP contribution in [0.4, 0.5) is 0 Å². The van der Waals surface area contributed by atoms with Crippen molar-refractivity contribution in [1.29, 1.82) is 0 Å². The number of benzene rings is 2. The van der Waals surface area contributed by atoms with Crippen LogP contribution in [0.15, 0.2) is 59.6 Å². The average molecular weight is 1330 g/mol. The van der Waals surface area contributed by atoms with E-state index in [1.807, 2.05) is 10.6 Å². The molecule has 2 unspecified atom stereocenters. The Bertz CT molecular complexity index is 2950. The summed E-state index contributed by atoms with van der Waals surface area (Å²) in [6, 6.07) is -5.45. The molecule has 0 aromatic heterocycles. The zero-order valence-electron chi connectivity index (χ0n) is 54.3. The molecule has 0 radical (unpaired) electrons. The van der Waals surface area contributed by atoms with Crippen molar-refractivity contribution in [3.63, 3.8) is 0 Å². The van der Waals surface area contributed by atoms with Gasteiger partial charge in [-0.2, -0.15) is 0 Å². The normalized spacial score (nSPS) is 24.1. The summed E-state index contributed by atoms with van der Waals surface area (Å²) in [6.45, 7) is 11.6. The number of primary amides is 1. The quantitative estimate of drug-likeness (QED) is 0.0214. The predicted molar refractivity (Wildman–Crippen MR) is 339 cm³/mol. The smallest absolute Gasteiger partial charge is 0.331 e. The van der Waals surface area contributed by atoms with Gasteiger partial charge in [0.2, 0.25) is 65.0 Å². The number of amides is 11. The molecule has 522 valence electrons. The first-order valence-electron chi connectivity index (χ1n) is 30.9. The maximum Gasteiger partial charge on any atom is 0.331 e. The third-order valence-corrected chi connectivity index (χ3v) is 15.1. The van der Waals surface area contributed by atoms with Crippen LogP contribution in [0, 0.1) is 23.7 Å². The second kappa shape index (κ2) is 38.2. The third-order valence-electron chi connectivity index (χ3n) is 15.1. The average Bonchev–Trinajstić information content (AvgIpc) is 0.822. The standard InChI is InChI=1S/C61H95N15O18/c1-10-31(8)42-56(89)74-43(32(9)78)55(88)67-26-41(80)72-45(48(82)50(63)83)58(91)71-40(27-77)60(93)94-49(34-15-12-11-13-16-34)46(76-54(87)39(24-29(4)5)69-51(84)36(62)25-33-18-20-35(79)21-19-33)59(92)75-44(47(81)30(6)7)57(90)70-38(23-28(2)3)53(86)68-37(52(85)73-42)17-14-22-66-61(64)65/h11-13,15-16,18-21,28-32,36-40,42-49,77-79,81-82H,10,14,17,22-27,62H2,1-9H3,(H2,63,83)(H,67,88)(H,68,86)(H,69,84)(H,70,90)(H,71,91)(H,72,80)(H,73,85)(H,74,89)(H,75,92)(H,76,87)(H4,64,65,66)/t31-,32-,36+,37+,38-,39-,40-,42?,43?,44-,45-,46-,47+,48-,49+/m0/s1. The van der Waals surface area contributed by atoms with E-state index in [4.69, 9.17) is 27.7 Å². The summed E-state index contributed by atoms with van der Waals surface area (Å²) in [5, 5.41) is 77.9. The first-order valence-corrected chi connectivity index (χ1v) is 30.9. The third kappa shape index (κ3) is 25.1. The van der Waals surface area contributed by atoms with E-state index in [9.17, 15) is 78.3 Å². The van der Waals surface area contributed by atoms with Crippen molar-refractivity contribution in [1.82, 2.24) is 53.2 Å². The zero-order valence-corrected chi connectivity index (χ0v) is 54.3. The van der Waals surface area contributed by atoms with Crippen molar-refractivity contribution in [2.45, 2.75) is 186 Å². The van der Waals surface area contributed by atoms with Crippen molar-refractivity contribution < 1.29 is 87.8 Å². The van der Waals surface area contributed by atoms with Gasteiger partial charge in [-0.1, -0.05) is 104 Å². The van der Waals surface area contributed by atoms with Crippen LogP contribution in [0.3, 0.4) is 0 Å². The first-order chi connectivity index (χ1) is 44.1. The van der Waals surface area contributed by atoms with Crippen molar-refractivity contribution in [2.75, 3.05) is 19.7 Å². The summed E-state index contributed by atoms with van der Waals surface area (Å²) in [5.41, 5.74) is 23.2. The number of guanidine groups is 1. The molecule has 33 heteroatoms. The highest BCUT2D eigenvalue weighted by molar-refractivity contribution is 6.00. The number of aliphatic hydroxyl groups excluding tert-OH is 4. The minimum atomic E-state index is -2.59. The number of cyclic esters (lactones) is 1. The van der Waals surface area contributed by atoms with Crippen LogP contribution in [0.5, 0.6) is 5.75 Å². The molecule has 33 nitrogen and oxygen atoms in total. The van der Waals surface area contributed by atoms with Crippen LogP contribution in [0.1, 0.15) is 112 Å². The molecular formula is C61H95N15O18. The number of aromatic hydroxyl groups is 1. The minimum Gasteiger partial charge on any atom is -0.508 e. The summed E-state index contributed by atoms with van der Waals surface area (Å²) < 4.78 is 5.93. The van der Waals surface area contributed by atoms with E-state index in [1.54, 1.807) is 41.5 Å². The van der Waals surface area contributed by atoms with E-state index < -0.39 is 187 Å². The minimum absolute atomic E-state index is 0.0356. The number of ether oxygens (including phenoxy) is 1. The Labute approximate surface area is 544 Å². The van der Waals surface area contributed by atoms with Crippen LogP contribution in [-0.4, -0.2) is 201 Å². The van der Waals surface area contributed by atoms with Crippen LogP contribution >= 0.6 is 0 Å². The van der Waals surface area contributed by atoms with E-state index >= 15 is 4.79 Å². The van der Waals surface area contributed by atoms with Crippen molar-refractivity contribution in [2.24, 2.45) is 51.6 Å². The Hall–Kier alpha value is -9.05. The van der Waals surface area contributed by atoms with Crippen LogP contribution in [0.2, 0.25) is 0 Å². The molecule has 1 fully saturated rings. The Morgan fingerprint density at radius 3 is 1.78 bits per heavy atom. The molecule has 1 aliphatic rings. The highest BCUT2D eigenvalue weighted by Crippen LogP contribution is 2.25. The van der Waals surface area contributed by atoms with Gasteiger partial charge in [0, 0.05) is 6.54 Å². The number of nitrogens with zero attached hydrogens (tertiary/aromatic N) is 1. The fraction of sp³-hybridized carbons (Fsp3) is 0.590. The van der Waals surface area contributed by atoms with Gasteiger partial charge < -0.3 is 106 Å². The Balaban J connectivity index is 2.40. The number of phenolic OH excluding ortho intramolecular Hbond substituents is 1. The van der Waals surface area contributed by atoms with Gasteiger partial charge in [0.1, 0.15) is 54.1 Å². The summed E-state index contributed by atoms with van der Waals surface area (Å²) in [7, 11) is 0. The van der Waals surface area contributed by atoms with Gasteiger partial charge in [-0.05, 0) is 86.0 Å². The zero-order chi connectivity index (χ0) is 70.8. The molecule has 1 aliphatic heterocycles. The summed E-state index contributed by atoms with van der Waals surface area (Å²) in [5.74, 6) is -17.6. The second-order valence-electron chi connectivity index (χ2n) is 24.3. The number of carbonyl (C=O) groups is 12. The lowest BCUT2D eigenvalue weighted by atomic mass is 9.95. The van der Waals surface area contributed by atoms with Crippen LogP contribution in [0.25, 0.3) is 0 Å². The molecular weight excluding hydrogens is 1230 g/mol. The van der Waals surface area contributed by atoms with Gasteiger partial charge in [0.25, 0.3) is 0 Å². The number of hydrogen-bond donors (Lipinski definition) is 19. The molecule has 3 rings (SSSR count). The van der Waals surface area contributed by atoms with Gasteiger partial charge in [-0.25, -0.2) is 4.79 Å². The van der Waals surface area contributed by atoms with Crippen LogP contribution in [-0.2, 0) is 68.7 Å². The van der Waals surface area contributed by atoms with E-state index in [0.717, 1.165) is 6.92 Å². The van der Waals surface area contributed by atoms with Crippen molar-refractivity contribution in [3.05, 3.63) is 65.7 Å². The fourth-order valence-corrected chi connectivity index (χ4v) is 9.61. The molecule has 0 spiro atoms. The number of carbonyl (C=O) groups excluding carboxylic acids is 12. The SMILES string of the molecule is CC[C@H](C)C1NC(=O)[C@@H](CCCN=C(N)N)NC(=O)[C@H](CC(C)C)NC(=O)[C@H]([C@H](O)C(C)C)NC(=O)[C@@H](NC(=O)[C@H](CC(C)C)NC(=O)[C@H](N)Cc2ccc(O)cc2)[C@@H](c2ccccc2)OC(=O)[C@H](CO)NC(=O)[C@H]([C@H](O)C(N)=O)NC(=O)CNC(=O)C([C@H](C)O)NC1=O. The van der Waals surface area contributed by atoms with Crippen LogP contribution < -0.4 is 76.1 Å². The largest absolute Gasteiger partial charge is 0.508 e. The van der Waals surface area contributed by atoms with Gasteiger partial charge >= 0.3 is 5.97 Å². The fourth-order valence-electron chi connectivity index (χ4n) is 9.61. The number of aliphatic imine (C=N–C) groups is 1. The molecule has 1 saturated heterocycles. The van der Waals surface area contributed by atoms with Crippen molar-refractivity contribution in [3.8, 4) is 5.75 Å². The second-order valence-corrected chi connectivity index (χ2v) is 24.3. The Morgan fingerprint density at radius 1 is 0.660 bits per heavy atom. The van der Waals surface area contributed by atoms with Gasteiger partial charge in [-0.15, -0.1) is 0 Å². The Morgan fingerprint density at radius 2 is 1.22 bits per heavy atom. The van der Waals surface area contributed by atoms with E-state index in [2.05, 4.69) is 47.5 Å². The lowest BCUT2D eigenvalue weighted by Gasteiger charge is -2.33. The highest BCUT2D eigenvalue weighted by Gasteiger charge is 2.44. The molecule has 0 bridgehead atoms. The Kier molecular flexibility index (Phi) is 32.2. The molecule has 23 N–H and O–H groups in total. The number of esters is 1. The summed E-state index contributed by atoms with van der Waals surface area (Å²) in [4.78, 5) is 175. The summed E-state index contributed by atoms with van der Waals surface area (Å²) in [6.07, 6.45) is -8.51. The molecule has 1 heterocycles. The van der Waals surface area contributed by atoms with Crippen molar-refractivity contribution >= 4 is 76.9 Å². The topological polar surface area (TPSA) is 552 Å². The van der Waals surface area contributed by atoms with E-state index in [0.29, 0.717) is 5.56 Å². The molecule has 11 amide bonds. The molecule has 0 saturated carbocycles. The number of phenols is 1. The highest BCUT2D eigenvalue weighted by atomic mass is 16.5. The lowest BCUT2D eigenvalue weighted by Crippen LogP contribution is -2.64. The maximum atomic E-state index is 15.4. The number of hydrogen-bond acceptors (Lipinski definition) is 20. The number of nitrogens with two attached hydrogens (primary N) is 4. The molecule has 15 atom stereocenters. The van der Waals surface area contributed by atoms with E-state index in [1.165, 1.54) is 68.4 Å². The maximum absolute atomic E-state index is 15.4.